The minimum atomic E-state index is -0.522. The van der Waals surface area contributed by atoms with Crippen LogP contribution in [0.3, 0.4) is 0 Å². The van der Waals surface area contributed by atoms with E-state index < -0.39 is 4.92 Å². The molecule has 0 aliphatic carbocycles. The number of rotatable bonds is 4. The first kappa shape index (κ1) is 17.2. The number of likely N-dealkylation sites (tertiary alicyclic amines) is 2. The van der Waals surface area contributed by atoms with Gasteiger partial charge in [-0.2, -0.15) is 5.26 Å². The van der Waals surface area contributed by atoms with Gasteiger partial charge in [-0.25, -0.2) is 0 Å². The lowest BCUT2D eigenvalue weighted by Crippen LogP contribution is -2.44. The van der Waals surface area contributed by atoms with Crippen LogP contribution in [0.2, 0.25) is 0 Å². The molecule has 8 nitrogen and oxygen atoms in total. The third kappa shape index (κ3) is 3.72. The number of nitriles is 1. The van der Waals surface area contributed by atoms with Crippen molar-refractivity contribution in [1.82, 2.24) is 9.80 Å². The molecular formula is C17H21N5O3. The number of piperidine rings is 1. The van der Waals surface area contributed by atoms with Crippen molar-refractivity contribution in [2.24, 2.45) is 0 Å². The monoisotopic (exact) mass is 343 g/mol. The third-order valence-corrected chi connectivity index (χ3v) is 4.98. The van der Waals surface area contributed by atoms with Gasteiger partial charge in [0, 0.05) is 31.1 Å². The van der Waals surface area contributed by atoms with Crippen molar-refractivity contribution in [2.75, 3.05) is 32.0 Å². The van der Waals surface area contributed by atoms with Gasteiger partial charge in [-0.05, 0) is 39.0 Å². The van der Waals surface area contributed by atoms with Crippen molar-refractivity contribution >= 4 is 17.3 Å². The molecule has 132 valence electrons. The number of nitrogens with one attached hydrogen (secondary N) is 1. The summed E-state index contributed by atoms with van der Waals surface area (Å²) in [5, 5.41) is 23.3. The van der Waals surface area contributed by atoms with E-state index >= 15 is 0 Å². The van der Waals surface area contributed by atoms with Crippen LogP contribution in [-0.4, -0.2) is 59.4 Å². The van der Waals surface area contributed by atoms with Crippen LogP contribution < -0.4 is 5.32 Å². The van der Waals surface area contributed by atoms with Gasteiger partial charge in [0.25, 0.3) is 5.69 Å². The topological polar surface area (TPSA) is 103 Å². The molecule has 0 radical (unpaired) electrons. The zero-order valence-corrected chi connectivity index (χ0v) is 14.1. The van der Waals surface area contributed by atoms with Crippen LogP contribution in [0.15, 0.2) is 18.2 Å². The minimum Gasteiger partial charge on any atom is -0.379 e. The molecule has 1 aromatic carbocycles. The van der Waals surface area contributed by atoms with Gasteiger partial charge < -0.3 is 15.1 Å². The molecule has 25 heavy (non-hydrogen) atoms. The second kappa shape index (κ2) is 7.07. The lowest BCUT2D eigenvalue weighted by Gasteiger charge is -2.35. The molecule has 0 spiro atoms. The Hall–Kier alpha value is -2.66. The van der Waals surface area contributed by atoms with Gasteiger partial charge in [0.2, 0.25) is 5.91 Å². The molecular weight excluding hydrogens is 322 g/mol. The number of anilines is 1. The molecule has 1 amide bonds. The highest BCUT2D eigenvalue weighted by Gasteiger charge is 2.35. The highest BCUT2D eigenvalue weighted by atomic mass is 16.6. The fourth-order valence-electron chi connectivity index (χ4n) is 3.57. The van der Waals surface area contributed by atoms with E-state index in [-0.39, 0.29) is 29.2 Å². The van der Waals surface area contributed by atoms with Crippen LogP contribution in [0.1, 0.15) is 24.8 Å². The van der Waals surface area contributed by atoms with Gasteiger partial charge >= 0.3 is 0 Å². The first-order valence-electron chi connectivity index (χ1n) is 8.41. The average Bonchev–Trinajstić information content (AvgIpc) is 2.96. The van der Waals surface area contributed by atoms with Gasteiger partial charge in [0.05, 0.1) is 22.2 Å². The summed E-state index contributed by atoms with van der Waals surface area (Å²) in [6.45, 7) is 2.59. The van der Waals surface area contributed by atoms with Crippen LogP contribution >= 0.6 is 0 Å². The maximum Gasteiger partial charge on any atom is 0.270 e. The Morgan fingerprint density at radius 2 is 2.08 bits per heavy atom. The fourth-order valence-corrected chi connectivity index (χ4v) is 3.57. The summed E-state index contributed by atoms with van der Waals surface area (Å²) in [5.41, 5.74) is 0.646. The maximum absolute atomic E-state index is 12.4. The smallest absolute Gasteiger partial charge is 0.270 e. The zero-order chi connectivity index (χ0) is 18.0. The molecule has 2 saturated heterocycles. The molecule has 1 N–H and O–H groups in total. The van der Waals surface area contributed by atoms with E-state index in [1.807, 2.05) is 11.0 Å². The number of carbonyl (C=O) groups is 1. The summed E-state index contributed by atoms with van der Waals surface area (Å²) < 4.78 is 0. The Labute approximate surface area is 146 Å². The summed E-state index contributed by atoms with van der Waals surface area (Å²) in [5.74, 6) is 0.132. The number of nitro benzene ring substituents is 1. The number of amides is 1. The number of hydrogen-bond donors (Lipinski definition) is 1. The van der Waals surface area contributed by atoms with E-state index in [2.05, 4.69) is 17.3 Å². The van der Waals surface area contributed by atoms with Crippen molar-refractivity contribution in [3.8, 4) is 6.07 Å². The molecule has 2 fully saturated rings. The Bertz CT molecular complexity index is 721. The summed E-state index contributed by atoms with van der Waals surface area (Å²) in [4.78, 5) is 26.9. The van der Waals surface area contributed by atoms with Crippen LogP contribution in [-0.2, 0) is 4.79 Å². The van der Waals surface area contributed by atoms with Crippen molar-refractivity contribution < 1.29 is 9.72 Å². The predicted octanol–water partition coefficient (Wildman–Crippen LogP) is 1.57. The largest absolute Gasteiger partial charge is 0.379 e. The van der Waals surface area contributed by atoms with Gasteiger partial charge in [0.1, 0.15) is 6.07 Å². The highest BCUT2D eigenvalue weighted by molar-refractivity contribution is 5.80. The molecule has 2 aliphatic heterocycles. The first-order valence-corrected chi connectivity index (χ1v) is 8.41. The maximum atomic E-state index is 12.4. The lowest BCUT2D eigenvalue weighted by atomic mass is 10.0. The van der Waals surface area contributed by atoms with Crippen molar-refractivity contribution in [3.05, 3.63) is 33.9 Å². The van der Waals surface area contributed by atoms with Gasteiger partial charge in [0.15, 0.2) is 0 Å². The van der Waals surface area contributed by atoms with Crippen molar-refractivity contribution in [2.45, 2.75) is 31.3 Å². The van der Waals surface area contributed by atoms with E-state index in [0.29, 0.717) is 18.7 Å². The molecule has 1 unspecified atom stereocenters. The fraction of sp³-hybridized carbons (Fsp3) is 0.529. The van der Waals surface area contributed by atoms with E-state index in [1.165, 1.54) is 12.1 Å². The molecule has 1 atom stereocenters. The summed E-state index contributed by atoms with van der Waals surface area (Å²) in [7, 11) is 2.09. The number of nitrogens with zero attached hydrogens (tertiary/aromatic N) is 4. The van der Waals surface area contributed by atoms with Crippen molar-refractivity contribution in [1.29, 1.82) is 5.26 Å². The number of hydrogen-bond acceptors (Lipinski definition) is 6. The van der Waals surface area contributed by atoms with E-state index in [9.17, 15) is 20.2 Å². The molecule has 3 rings (SSSR count). The molecule has 0 bridgehead atoms. The quantitative estimate of drug-likeness (QED) is 0.657. The predicted molar refractivity (Wildman–Crippen MR) is 92.1 cm³/mol. The minimum absolute atomic E-state index is 0.0827. The van der Waals surface area contributed by atoms with Crippen molar-refractivity contribution in [3.63, 3.8) is 0 Å². The van der Waals surface area contributed by atoms with Crippen LogP contribution in [0.4, 0.5) is 11.4 Å². The summed E-state index contributed by atoms with van der Waals surface area (Å²) >= 11 is 0. The van der Waals surface area contributed by atoms with Crippen LogP contribution in [0.5, 0.6) is 0 Å². The average molecular weight is 343 g/mol. The lowest BCUT2D eigenvalue weighted by molar-refractivity contribution is -0.384. The Morgan fingerprint density at radius 3 is 2.72 bits per heavy atom. The van der Waals surface area contributed by atoms with Gasteiger partial charge in [-0.15, -0.1) is 0 Å². The van der Waals surface area contributed by atoms with E-state index in [0.717, 1.165) is 25.9 Å². The SMILES string of the molecule is CN1CCC(N2CC(Nc3ccc([N+](=O)[O-])cc3C#N)CC2=O)CC1. The van der Waals surface area contributed by atoms with Crippen LogP contribution in [0.25, 0.3) is 0 Å². The molecule has 0 aromatic heterocycles. The third-order valence-electron chi connectivity index (χ3n) is 4.98. The summed E-state index contributed by atoms with van der Waals surface area (Å²) in [6, 6.07) is 6.35. The van der Waals surface area contributed by atoms with Gasteiger partial charge in [-0.3, -0.25) is 14.9 Å². The molecule has 0 saturated carbocycles. The molecule has 2 heterocycles. The van der Waals surface area contributed by atoms with E-state index in [1.54, 1.807) is 6.07 Å². The Balaban J connectivity index is 1.67. The van der Waals surface area contributed by atoms with Gasteiger partial charge in [-0.1, -0.05) is 0 Å². The number of benzene rings is 1. The molecule has 2 aliphatic rings. The first-order chi connectivity index (χ1) is 12.0. The number of nitro groups is 1. The Morgan fingerprint density at radius 1 is 1.36 bits per heavy atom. The zero-order valence-electron chi connectivity index (χ0n) is 14.1. The standard InChI is InChI=1S/C17H21N5O3/c1-20-6-4-14(5-7-20)21-11-13(9-17(21)23)19-16-3-2-15(22(24)25)8-12(16)10-18/h2-3,8,13-14,19H,4-7,9,11H2,1H3. The summed E-state index contributed by atoms with van der Waals surface area (Å²) in [6.07, 6.45) is 2.35. The normalized spacial score (nSPS) is 22.0. The molecule has 8 heteroatoms. The number of non-ortho nitro benzene ring substituents is 1. The van der Waals surface area contributed by atoms with Crippen LogP contribution in [0, 0.1) is 21.4 Å². The van der Waals surface area contributed by atoms with E-state index in [4.69, 9.17) is 0 Å². The number of carbonyl (C=O) groups excluding carboxylic acids is 1. The second-order valence-corrected chi connectivity index (χ2v) is 6.72. The highest BCUT2D eigenvalue weighted by Crippen LogP contribution is 2.26. The second-order valence-electron chi connectivity index (χ2n) is 6.72. The Kier molecular flexibility index (Phi) is 4.86. The molecule has 1 aromatic rings.